The van der Waals surface area contributed by atoms with Crippen LogP contribution in [0.2, 0.25) is 5.02 Å². The molecule has 3 nitrogen and oxygen atoms in total. The fourth-order valence-electron chi connectivity index (χ4n) is 1.74. The Bertz CT molecular complexity index is 659. The summed E-state index contributed by atoms with van der Waals surface area (Å²) >= 11 is 5.67. The van der Waals surface area contributed by atoms with Crippen molar-refractivity contribution >= 4 is 23.8 Å². The summed E-state index contributed by atoms with van der Waals surface area (Å²) in [4.78, 5) is 11.5. The van der Waals surface area contributed by atoms with Crippen LogP contribution in [0.15, 0.2) is 54.6 Å². The molecular weight excluding hydrogens is 305 g/mol. The molecule has 0 aliphatic carbocycles. The van der Waals surface area contributed by atoms with E-state index in [0.29, 0.717) is 10.6 Å². The monoisotopic (exact) mass is 319 g/mol. The van der Waals surface area contributed by atoms with Crippen molar-refractivity contribution in [2.24, 2.45) is 0 Å². The maximum Gasteiger partial charge on any atom is 0.407 e. The van der Waals surface area contributed by atoms with Gasteiger partial charge in [-0.15, -0.1) is 0 Å². The van der Waals surface area contributed by atoms with Crippen LogP contribution in [0.25, 0.3) is 6.08 Å². The molecule has 0 unspecified atom stereocenters. The largest absolute Gasteiger partial charge is 0.445 e. The van der Waals surface area contributed by atoms with Crippen molar-refractivity contribution in [3.05, 3.63) is 76.6 Å². The van der Waals surface area contributed by atoms with Crippen molar-refractivity contribution in [3.8, 4) is 0 Å². The van der Waals surface area contributed by atoms with Crippen LogP contribution in [0.5, 0.6) is 0 Å². The van der Waals surface area contributed by atoms with Gasteiger partial charge in [0.15, 0.2) is 0 Å². The number of carbonyl (C=O) groups excluding carboxylic acids is 1. The van der Waals surface area contributed by atoms with E-state index in [1.165, 1.54) is 6.07 Å². The van der Waals surface area contributed by atoms with Crippen molar-refractivity contribution in [1.82, 2.24) is 5.32 Å². The summed E-state index contributed by atoms with van der Waals surface area (Å²) in [5.41, 5.74) is 1.32. The van der Waals surface area contributed by atoms with Gasteiger partial charge in [0.25, 0.3) is 0 Å². The van der Waals surface area contributed by atoms with Gasteiger partial charge in [0, 0.05) is 17.1 Å². The lowest BCUT2D eigenvalue weighted by atomic mass is 10.2. The van der Waals surface area contributed by atoms with Gasteiger partial charge >= 0.3 is 6.09 Å². The summed E-state index contributed by atoms with van der Waals surface area (Å²) in [6.45, 7) is 0.456. The molecule has 0 aromatic heterocycles. The van der Waals surface area contributed by atoms with Crippen molar-refractivity contribution in [2.45, 2.75) is 6.61 Å². The quantitative estimate of drug-likeness (QED) is 0.886. The zero-order chi connectivity index (χ0) is 15.8. The van der Waals surface area contributed by atoms with Gasteiger partial charge in [0.2, 0.25) is 0 Å². The van der Waals surface area contributed by atoms with Gasteiger partial charge in [-0.05, 0) is 17.7 Å². The van der Waals surface area contributed by atoms with Crippen molar-refractivity contribution in [3.63, 3.8) is 0 Å². The van der Waals surface area contributed by atoms with E-state index >= 15 is 0 Å². The summed E-state index contributed by atoms with van der Waals surface area (Å²) in [6, 6.07) is 13.8. The van der Waals surface area contributed by atoms with Crippen LogP contribution in [0.1, 0.15) is 11.1 Å². The lowest BCUT2D eigenvalue weighted by molar-refractivity contribution is 0.141. The Balaban J connectivity index is 1.73. The van der Waals surface area contributed by atoms with E-state index in [2.05, 4.69) is 5.32 Å². The summed E-state index contributed by atoms with van der Waals surface area (Å²) in [7, 11) is 0. The SMILES string of the molecule is O=C(NCC=Cc1ccc(Cl)cc1F)OCc1ccccc1. The number of hydrogen-bond donors (Lipinski definition) is 1. The van der Waals surface area contributed by atoms with Crippen LogP contribution < -0.4 is 5.32 Å². The molecule has 0 saturated carbocycles. The first-order valence-corrected chi connectivity index (χ1v) is 7.09. The summed E-state index contributed by atoms with van der Waals surface area (Å²) in [5, 5.41) is 2.90. The summed E-state index contributed by atoms with van der Waals surface area (Å²) in [6.07, 6.45) is 2.68. The molecule has 22 heavy (non-hydrogen) atoms. The minimum atomic E-state index is -0.523. The first-order valence-electron chi connectivity index (χ1n) is 6.71. The third-order valence-electron chi connectivity index (χ3n) is 2.84. The first-order chi connectivity index (χ1) is 10.6. The molecule has 5 heteroatoms. The Morgan fingerprint density at radius 2 is 2.00 bits per heavy atom. The Hall–Kier alpha value is -2.33. The number of alkyl carbamates (subject to hydrolysis) is 1. The van der Waals surface area contributed by atoms with Gasteiger partial charge in [-0.1, -0.05) is 60.2 Å². The predicted octanol–water partition coefficient (Wildman–Crippen LogP) is 4.42. The number of hydrogen-bond acceptors (Lipinski definition) is 2. The second-order valence-electron chi connectivity index (χ2n) is 4.51. The second kappa shape index (κ2) is 8.20. The number of rotatable bonds is 5. The van der Waals surface area contributed by atoms with E-state index in [0.717, 1.165) is 5.56 Å². The average Bonchev–Trinajstić information content (AvgIpc) is 2.52. The second-order valence-corrected chi connectivity index (χ2v) is 4.95. The average molecular weight is 320 g/mol. The van der Waals surface area contributed by atoms with Gasteiger partial charge < -0.3 is 10.1 Å². The van der Waals surface area contributed by atoms with Crippen LogP contribution in [-0.2, 0) is 11.3 Å². The first kappa shape index (κ1) is 16.0. The predicted molar refractivity (Wildman–Crippen MR) is 85.1 cm³/mol. The van der Waals surface area contributed by atoms with E-state index in [1.54, 1.807) is 24.3 Å². The molecule has 0 saturated heterocycles. The zero-order valence-corrected chi connectivity index (χ0v) is 12.5. The number of halogens is 2. The van der Waals surface area contributed by atoms with E-state index in [-0.39, 0.29) is 13.2 Å². The van der Waals surface area contributed by atoms with Gasteiger partial charge in [0.1, 0.15) is 12.4 Å². The Kier molecular flexibility index (Phi) is 5.98. The molecule has 0 spiro atoms. The third-order valence-corrected chi connectivity index (χ3v) is 3.07. The molecule has 2 aromatic carbocycles. The Morgan fingerprint density at radius 1 is 1.23 bits per heavy atom. The molecular formula is C17H15ClFNO2. The molecule has 2 rings (SSSR count). The maximum atomic E-state index is 13.5. The van der Waals surface area contributed by atoms with Crippen LogP contribution in [0.4, 0.5) is 9.18 Å². The molecule has 114 valence electrons. The maximum absolute atomic E-state index is 13.5. The molecule has 1 amide bonds. The Morgan fingerprint density at radius 3 is 2.73 bits per heavy atom. The third kappa shape index (κ3) is 5.22. The van der Waals surface area contributed by atoms with Crippen molar-refractivity contribution < 1.29 is 13.9 Å². The van der Waals surface area contributed by atoms with Gasteiger partial charge in [0.05, 0.1) is 0 Å². The van der Waals surface area contributed by atoms with Crippen molar-refractivity contribution in [2.75, 3.05) is 6.54 Å². The van der Waals surface area contributed by atoms with E-state index in [4.69, 9.17) is 16.3 Å². The lowest BCUT2D eigenvalue weighted by Crippen LogP contribution is -2.24. The molecule has 0 bridgehead atoms. The molecule has 0 aliphatic rings. The number of ether oxygens (including phenoxy) is 1. The fourth-order valence-corrected chi connectivity index (χ4v) is 1.90. The molecule has 1 N–H and O–H groups in total. The summed E-state index contributed by atoms with van der Waals surface area (Å²) < 4.78 is 18.5. The topological polar surface area (TPSA) is 38.3 Å². The molecule has 0 aliphatic heterocycles. The number of benzene rings is 2. The molecule has 0 radical (unpaired) electrons. The van der Waals surface area contributed by atoms with E-state index in [9.17, 15) is 9.18 Å². The Labute approximate surface area is 133 Å². The van der Waals surface area contributed by atoms with Gasteiger partial charge in [-0.3, -0.25) is 0 Å². The highest BCUT2D eigenvalue weighted by Gasteiger charge is 2.01. The van der Waals surface area contributed by atoms with Crippen LogP contribution >= 0.6 is 11.6 Å². The van der Waals surface area contributed by atoms with Crippen LogP contribution in [0, 0.1) is 5.82 Å². The molecule has 0 fully saturated rings. The molecule has 0 atom stereocenters. The number of carbonyl (C=O) groups is 1. The van der Waals surface area contributed by atoms with E-state index < -0.39 is 11.9 Å². The fraction of sp³-hybridized carbons (Fsp3) is 0.118. The smallest absolute Gasteiger partial charge is 0.407 e. The van der Waals surface area contributed by atoms with Crippen molar-refractivity contribution in [1.29, 1.82) is 0 Å². The summed E-state index contributed by atoms with van der Waals surface area (Å²) in [5.74, 6) is -0.407. The van der Waals surface area contributed by atoms with Crippen LogP contribution in [0.3, 0.4) is 0 Å². The highest BCUT2D eigenvalue weighted by Crippen LogP contribution is 2.15. The molecule has 0 heterocycles. The van der Waals surface area contributed by atoms with E-state index in [1.807, 2.05) is 30.3 Å². The van der Waals surface area contributed by atoms with Gasteiger partial charge in [-0.25, -0.2) is 9.18 Å². The number of amides is 1. The van der Waals surface area contributed by atoms with Crippen LogP contribution in [-0.4, -0.2) is 12.6 Å². The highest BCUT2D eigenvalue weighted by atomic mass is 35.5. The molecule has 2 aromatic rings. The standard InChI is InChI=1S/C17H15ClFNO2/c18-15-9-8-14(16(19)11-15)7-4-10-20-17(21)22-12-13-5-2-1-3-6-13/h1-9,11H,10,12H2,(H,20,21). The minimum absolute atomic E-state index is 0.211. The lowest BCUT2D eigenvalue weighted by Gasteiger charge is -2.05. The minimum Gasteiger partial charge on any atom is -0.445 e. The number of nitrogens with one attached hydrogen (secondary N) is 1. The van der Waals surface area contributed by atoms with Gasteiger partial charge in [-0.2, -0.15) is 0 Å². The normalized spacial score (nSPS) is 10.6. The zero-order valence-electron chi connectivity index (χ0n) is 11.8. The highest BCUT2D eigenvalue weighted by molar-refractivity contribution is 6.30.